The second-order valence-corrected chi connectivity index (χ2v) is 8.36. The Labute approximate surface area is 133 Å². The lowest BCUT2D eigenvalue weighted by atomic mass is 9.87. The zero-order valence-corrected chi connectivity index (χ0v) is 15.3. The SMILES string of the molecule is CC(C)(C)c1cc([N+](C)(C)C)cc(C(C)(C)C)n1.O=[N+](O)O. The van der Waals surface area contributed by atoms with Gasteiger partial charge in [0.1, 0.15) is 10.6 Å². The van der Waals surface area contributed by atoms with Gasteiger partial charge in [-0.3, -0.25) is 9.47 Å². The molecule has 0 aliphatic heterocycles. The van der Waals surface area contributed by atoms with E-state index in [9.17, 15) is 0 Å². The summed E-state index contributed by atoms with van der Waals surface area (Å²) in [4.78, 5) is 13.4. The van der Waals surface area contributed by atoms with Crippen molar-refractivity contribution in [1.29, 1.82) is 0 Å². The lowest BCUT2D eigenvalue weighted by Crippen LogP contribution is -2.36. The highest BCUT2D eigenvalue weighted by atomic mass is 16.9. The first kappa shape index (κ1) is 20.3. The second-order valence-electron chi connectivity index (χ2n) is 8.36. The van der Waals surface area contributed by atoms with Gasteiger partial charge >= 0.3 is 5.09 Å². The van der Waals surface area contributed by atoms with Crippen molar-refractivity contribution in [2.75, 3.05) is 21.1 Å². The van der Waals surface area contributed by atoms with E-state index in [0.717, 1.165) is 4.48 Å². The fourth-order valence-corrected chi connectivity index (χ4v) is 1.67. The van der Waals surface area contributed by atoms with Gasteiger partial charge in [-0.05, 0) is 0 Å². The second kappa shape index (κ2) is 6.60. The first-order chi connectivity index (χ1) is 9.55. The summed E-state index contributed by atoms with van der Waals surface area (Å²) in [5.74, 6) is 0. The third-order valence-corrected chi connectivity index (χ3v) is 3.12. The molecule has 126 valence electrons. The van der Waals surface area contributed by atoms with Crippen LogP contribution >= 0.6 is 0 Å². The molecule has 0 saturated heterocycles. The monoisotopic (exact) mass is 313 g/mol. The van der Waals surface area contributed by atoms with Crippen LogP contribution in [-0.4, -0.2) is 41.6 Å². The molecule has 0 bridgehead atoms. The Bertz CT molecular complexity index is 438. The molecule has 0 saturated carbocycles. The molecule has 0 atom stereocenters. The van der Waals surface area contributed by atoms with Gasteiger partial charge in [0.05, 0.1) is 32.5 Å². The predicted molar refractivity (Wildman–Crippen MR) is 88.4 cm³/mol. The molecule has 6 heteroatoms. The van der Waals surface area contributed by atoms with E-state index in [0.29, 0.717) is 0 Å². The summed E-state index contributed by atoms with van der Waals surface area (Å²) in [6.07, 6.45) is 0. The molecule has 1 rings (SSSR count). The first-order valence-electron chi connectivity index (χ1n) is 7.25. The summed E-state index contributed by atoms with van der Waals surface area (Å²) in [6, 6.07) is 4.49. The minimum Gasteiger partial charge on any atom is -0.298 e. The van der Waals surface area contributed by atoms with Gasteiger partial charge in [0.25, 0.3) is 0 Å². The largest absolute Gasteiger partial charge is 0.472 e. The number of aromatic nitrogens is 1. The van der Waals surface area contributed by atoms with Crippen LogP contribution in [0.2, 0.25) is 0 Å². The maximum atomic E-state index is 8.47. The Hall–Kier alpha value is -1.69. The Morgan fingerprint density at radius 1 is 0.909 bits per heavy atom. The van der Waals surface area contributed by atoms with Crippen molar-refractivity contribution in [1.82, 2.24) is 9.47 Å². The van der Waals surface area contributed by atoms with Crippen molar-refractivity contribution >= 4 is 5.69 Å². The van der Waals surface area contributed by atoms with Gasteiger partial charge < -0.3 is 0 Å². The molecule has 0 unspecified atom stereocenters. The first-order valence-corrected chi connectivity index (χ1v) is 7.25. The molecular weight excluding hydrogens is 282 g/mol. The van der Waals surface area contributed by atoms with Gasteiger partial charge in [-0.2, -0.15) is 0 Å². The molecule has 0 aromatic carbocycles. The quantitative estimate of drug-likeness (QED) is 0.615. The number of rotatable bonds is 1. The van der Waals surface area contributed by atoms with E-state index in [1.54, 1.807) is 0 Å². The van der Waals surface area contributed by atoms with Crippen LogP contribution in [0.3, 0.4) is 0 Å². The fourth-order valence-electron chi connectivity index (χ4n) is 1.67. The van der Waals surface area contributed by atoms with Gasteiger partial charge in [0.15, 0.2) is 0 Å². The van der Waals surface area contributed by atoms with E-state index in [4.69, 9.17) is 20.3 Å². The van der Waals surface area contributed by atoms with E-state index < -0.39 is 5.09 Å². The summed E-state index contributed by atoms with van der Waals surface area (Å²) in [5.41, 5.74) is 3.85. The number of hydrogen-bond acceptors (Lipinski definition) is 2. The summed E-state index contributed by atoms with van der Waals surface area (Å²) in [7, 11) is 6.61. The van der Waals surface area contributed by atoms with Gasteiger partial charge in [0.2, 0.25) is 0 Å². The summed E-state index contributed by atoms with van der Waals surface area (Å²) >= 11 is 0. The average Bonchev–Trinajstić information content (AvgIpc) is 2.24. The molecule has 2 N–H and O–H groups in total. The molecule has 0 fully saturated rings. The third-order valence-electron chi connectivity index (χ3n) is 3.12. The molecule has 0 aliphatic rings. The summed E-state index contributed by atoms with van der Waals surface area (Å²) in [6.45, 7) is 13.3. The normalized spacial score (nSPS) is 12.4. The van der Waals surface area contributed by atoms with Gasteiger partial charge in [0, 0.05) is 23.0 Å². The van der Waals surface area contributed by atoms with Crippen LogP contribution in [0.15, 0.2) is 12.1 Å². The van der Waals surface area contributed by atoms with Crippen LogP contribution in [0.25, 0.3) is 0 Å². The Kier molecular flexibility index (Phi) is 6.10. The van der Waals surface area contributed by atoms with E-state index in [2.05, 4.69) is 74.8 Å². The van der Waals surface area contributed by atoms with E-state index in [-0.39, 0.29) is 10.8 Å². The van der Waals surface area contributed by atoms with Crippen molar-refractivity contribution in [3.63, 3.8) is 0 Å². The van der Waals surface area contributed by atoms with Gasteiger partial charge in [-0.25, -0.2) is 10.4 Å². The molecule has 1 aromatic heterocycles. The lowest BCUT2D eigenvalue weighted by molar-refractivity contribution is -0.969. The van der Waals surface area contributed by atoms with Crippen LogP contribution in [0.5, 0.6) is 0 Å². The van der Waals surface area contributed by atoms with Crippen LogP contribution in [0, 0.1) is 4.91 Å². The van der Waals surface area contributed by atoms with Crippen molar-refractivity contribution in [3.05, 3.63) is 28.4 Å². The molecule has 0 spiro atoms. The number of pyridine rings is 1. The zero-order valence-electron chi connectivity index (χ0n) is 15.3. The zero-order chi connectivity index (χ0) is 17.9. The Balaban J connectivity index is 0.000000980. The summed E-state index contributed by atoms with van der Waals surface area (Å²) < 4.78 is 0.828. The molecule has 1 heterocycles. The number of nitrogens with zero attached hydrogens (tertiary/aromatic N) is 3. The number of quaternary nitrogens is 1. The Morgan fingerprint density at radius 3 is 1.36 bits per heavy atom. The Morgan fingerprint density at radius 2 is 1.18 bits per heavy atom. The van der Waals surface area contributed by atoms with Crippen molar-refractivity contribution in [3.8, 4) is 0 Å². The van der Waals surface area contributed by atoms with Crippen LogP contribution in [0.1, 0.15) is 52.9 Å². The molecule has 6 nitrogen and oxygen atoms in total. The minimum absolute atomic E-state index is 0.0885. The van der Waals surface area contributed by atoms with Crippen molar-refractivity contribution < 1.29 is 15.5 Å². The third kappa shape index (κ3) is 6.85. The maximum Gasteiger partial charge on any atom is 0.472 e. The predicted octanol–water partition coefficient (Wildman–Crippen LogP) is 3.42. The van der Waals surface area contributed by atoms with Gasteiger partial charge in [-0.15, -0.1) is 0 Å². The van der Waals surface area contributed by atoms with Gasteiger partial charge in [-0.1, -0.05) is 41.5 Å². The molecule has 1 aromatic rings. The standard InChI is InChI=1S/C16H29N2.H2NO3/c1-15(2,3)13-10-12(18(7,8)9)11-14(17-13)16(4,5)6;2-1(3)4/h10-11H,1-9H3;(H2,2,3,4)/q2*+1. The molecule has 0 amide bonds. The van der Waals surface area contributed by atoms with E-state index in [1.807, 2.05) is 0 Å². The summed E-state index contributed by atoms with van der Waals surface area (Å²) in [5, 5.41) is 12.5. The van der Waals surface area contributed by atoms with Crippen molar-refractivity contribution in [2.24, 2.45) is 0 Å². The lowest BCUT2D eigenvalue weighted by Gasteiger charge is -2.29. The van der Waals surface area contributed by atoms with E-state index >= 15 is 0 Å². The highest BCUT2D eigenvalue weighted by Crippen LogP contribution is 2.31. The van der Waals surface area contributed by atoms with Crippen LogP contribution in [0.4, 0.5) is 5.69 Å². The highest BCUT2D eigenvalue weighted by molar-refractivity contribution is 5.46. The highest BCUT2D eigenvalue weighted by Gasteiger charge is 2.25. The van der Waals surface area contributed by atoms with Crippen LogP contribution in [-0.2, 0) is 10.8 Å². The van der Waals surface area contributed by atoms with Crippen molar-refractivity contribution in [2.45, 2.75) is 52.4 Å². The smallest absolute Gasteiger partial charge is 0.298 e. The maximum absolute atomic E-state index is 8.47. The molecular formula is C16H31N3O3+2. The fraction of sp³-hybridized carbons (Fsp3) is 0.688. The average molecular weight is 313 g/mol. The van der Waals surface area contributed by atoms with E-state index in [1.165, 1.54) is 17.1 Å². The molecule has 22 heavy (non-hydrogen) atoms. The van der Waals surface area contributed by atoms with Crippen LogP contribution < -0.4 is 4.48 Å². The molecule has 0 aliphatic carbocycles. The number of hydrogen-bond donors (Lipinski definition) is 2. The molecule has 0 radical (unpaired) electrons. The topological polar surface area (TPSA) is 73.4 Å². The minimum atomic E-state index is -1.25.